The maximum atomic E-state index is 5.14. The molecular formula is C25H42N8. The molecule has 0 atom stereocenters. The van der Waals surface area contributed by atoms with Gasteiger partial charge in [-0.25, -0.2) is 0 Å². The lowest BCUT2D eigenvalue weighted by molar-refractivity contribution is 0.264. The largest absolute Gasteiger partial charge is 0.367 e. The average molecular weight is 455 g/mol. The Hall–Kier alpha value is -1.90. The van der Waals surface area contributed by atoms with Gasteiger partial charge in [0.2, 0.25) is 5.95 Å². The fourth-order valence-electron chi connectivity index (χ4n) is 5.55. The van der Waals surface area contributed by atoms with Gasteiger partial charge in [0.1, 0.15) is 11.5 Å². The number of hydrogen-bond acceptors (Lipinski definition) is 7. The van der Waals surface area contributed by atoms with E-state index >= 15 is 0 Å². The highest BCUT2D eigenvalue weighted by Crippen LogP contribution is 2.27. The summed E-state index contributed by atoms with van der Waals surface area (Å²) in [6.45, 7) is 11.3. The van der Waals surface area contributed by atoms with Gasteiger partial charge in [0.25, 0.3) is 0 Å². The fraction of sp³-hybridized carbons (Fsp3) is 0.760. The minimum Gasteiger partial charge on any atom is -0.367 e. The van der Waals surface area contributed by atoms with Crippen molar-refractivity contribution in [1.82, 2.24) is 29.2 Å². The van der Waals surface area contributed by atoms with E-state index in [1.807, 2.05) is 0 Å². The Balaban J connectivity index is 1.38. The van der Waals surface area contributed by atoms with Gasteiger partial charge >= 0.3 is 0 Å². The Morgan fingerprint density at radius 1 is 0.848 bits per heavy atom. The molecule has 8 nitrogen and oxygen atoms in total. The highest BCUT2D eigenvalue weighted by atomic mass is 15.3. The molecule has 2 aromatic heterocycles. The van der Waals surface area contributed by atoms with Crippen LogP contribution in [0, 0.1) is 0 Å². The zero-order valence-electron chi connectivity index (χ0n) is 20.7. The van der Waals surface area contributed by atoms with Gasteiger partial charge in [0.05, 0.1) is 5.39 Å². The van der Waals surface area contributed by atoms with E-state index in [1.165, 1.54) is 57.1 Å². The highest BCUT2D eigenvalue weighted by molar-refractivity contribution is 5.89. The van der Waals surface area contributed by atoms with Gasteiger partial charge in [-0.05, 0) is 98.0 Å². The van der Waals surface area contributed by atoms with Crippen molar-refractivity contribution in [2.75, 3.05) is 83.2 Å². The van der Waals surface area contributed by atoms with Crippen molar-refractivity contribution in [3.8, 4) is 0 Å². The van der Waals surface area contributed by atoms with Crippen LogP contribution in [0.1, 0.15) is 38.5 Å². The molecule has 0 saturated carbocycles. The summed E-state index contributed by atoms with van der Waals surface area (Å²) in [7, 11) is 4.43. The number of rotatable bonds is 7. The number of likely N-dealkylation sites (tertiary alicyclic amines) is 2. The van der Waals surface area contributed by atoms with Crippen molar-refractivity contribution in [1.29, 1.82) is 0 Å². The third-order valence-corrected chi connectivity index (χ3v) is 7.74. The summed E-state index contributed by atoms with van der Waals surface area (Å²) in [6.07, 6.45) is 9.62. The molecule has 3 saturated heterocycles. The topological polar surface area (TPSA) is 55.7 Å². The molecular weight excluding hydrogens is 412 g/mol. The maximum Gasteiger partial charge on any atom is 0.229 e. The lowest BCUT2D eigenvalue weighted by Gasteiger charge is -2.30. The molecule has 33 heavy (non-hydrogen) atoms. The van der Waals surface area contributed by atoms with Crippen LogP contribution in [-0.4, -0.2) is 108 Å². The number of aryl methyl sites for hydroxylation is 1. The Bertz CT molecular complexity index is 897. The molecule has 3 aliphatic rings. The third kappa shape index (κ3) is 5.61. The zero-order chi connectivity index (χ0) is 22.6. The first-order chi connectivity index (χ1) is 16.2. The minimum atomic E-state index is 0.487. The van der Waals surface area contributed by atoms with Crippen LogP contribution in [-0.2, 0) is 6.54 Å². The second kappa shape index (κ2) is 10.6. The summed E-state index contributed by atoms with van der Waals surface area (Å²) in [4.78, 5) is 20.1. The second-order valence-electron chi connectivity index (χ2n) is 10.4. The zero-order valence-corrected chi connectivity index (χ0v) is 20.7. The first kappa shape index (κ1) is 22.9. The second-order valence-corrected chi connectivity index (χ2v) is 10.4. The molecule has 182 valence electrons. The highest BCUT2D eigenvalue weighted by Gasteiger charge is 2.22. The molecule has 1 N–H and O–H groups in total. The first-order valence-corrected chi connectivity index (χ1v) is 13.1. The smallest absolute Gasteiger partial charge is 0.229 e. The van der Waals surface area contributed by atoms with Crippen LogP contribution in [0.2, 0.25) is 0 Å². The molecule has 0 aliphatic carbocycles. The standard InChI is InChI=1S/C25H42N8/c1-29-10-5-15-33(20-19-29)25-27-23(26-21-7-16-30(2)17-8-21)22-9-18-32(24(22)28-25)14-6-13-31-11-3-4-12-31/h9,18,21H,3-8,10-17,19-20H2,1-2H3,(H,26,27,28). The van der Waals surface area contributed by atoms with Gasteiger partial charge in [-0.1, -0.05) is 0 Å². The molecule has 2 aromatic rings. The summed E-state index contributed by atoms with van der Waals surface area (Å²) in [5.41, 5.74) is 1.09. The van der Waals surface area contributed by atoms with Gasteiger partial charge in [-0.3, -0.25) is 0 Å². The molecule has 0 spiro atoms. The van der Waals surface area contributed by atoms with Gasteiger partial charge in [-0.15, -0.1) is 0 Å². The summed E-state index contributed by atoms with van der Waals surface area (Å²) in [5.74, 6) is 1.92. The molecule has 5 heterocycles. The molecule has 0 amide bonds. The number of hydrogen-bond donors (Lipinski definition) is 1. The average Bonchev–Trinajstić information content (AvgIpc) is 3.43. The predicted octanol–water partition coefficient (Wildman–Crippen LogP) is 2.57. The molecule has 8 heteroatoms. The van der Waals surface area contributed by atoms with Gasteiger partial charge < -0.3 is 29.5 Å². The Labute approximate surface area is 198 Å². The number of anilines is 2. The van der Waals surface area contributed by atoms with Crippen molar-refractivity contribution in [2.45, 2.75) is 51.1 Å². The number of nitrogens with one attached hydrogen (secondary N) is 1. The van der Waals surface area contributed by atoms with E-state index in [4.69, 9.17) is 9.97 Å². The summed E-state index contributed by atoms with van der Waals surface area (Å²) >= 11 is 0. The van der Waals surface area contributed by atoms with E-state index in [-0.39, 0.29) is 0 Å². The summed E-state index contributed by atoms with van der Waals surface area (Å²) < 4.78 is 2.36. The lowest BCUT2D eigenvalue weighted by Crippen LogP contribution is -2.37. The molecule has 0 unspecified atom stereocenters. The molecule has 0 bridgehead atoms. The number of fused-ring (bicyclic) bond motifs is 1. The fourth-order valence-corrected chi connectivity index (χ4v) is 5.55. The number of piperidine rings is 1. The van der Waals surface area contributed by atoms with Crippen molar-refractivity contribution >= 4 is 22.8 Å². The first-order valence-electron chi connectivity index (χ1n) is 13.1. The maximum absolute atomic E-state index is 5.14. The molecule has 3 aliphatic heterocycles. The van der Waals surface area contributed by atoms with E-state index in [0.29, 0.717) is 6.04 Å². The lowest BCUT2D eigenvalue weighted by atomic mass is 10.1. The van der Waals surface area contributed by atoms with E-state index in [2.05, 4.69) is 55.8 Å². The van der Waals surface area contributed by atoms with Gasteiger partial charge in [0, 0.05) is 38.4 Å². The number of likely N-dealkylation sites (N-methyl/N-ethyl adjacent to an activating group) is 1. The summed E-state index contributed by atoms with van der Waals surface area (Å²) in [6, 6.07) is 2.71. The normalized spacial score (nSPS) is 22.3. The van der Waals surface area contributed by atoms with Crippen molar-refractivity contribution in [3.05, 3.63) is 12.3 Å². The quantitative estimate of drug-likeness (QED) is 0.690. The molecule has 0 radical (unpaired) electrons. The van der Waals surface area contributed by atoms with Crippen LogP contribution in [0.3, 0.4) is 0 Å². The third-order valence-electron chi connectivity index (χ3n) is 7.74. The number of aromatic nitrogens is 3. The van der Waals surface area contributed by atoms with Crippen molar-refractivity contribution < 1.29 is 0 Å². The SMILES string of the molecule is CN1CCC(Nc2nc(N3CCCN(C)CC3)nc3c2ccn3CCCN2CCCC2)CC1. The van der Waals surface area contributed by atoms with E-state index in [0.717, 1.165) is 69.6 Å². The Morgan fingerprint density at radius 2 is 1.64 bits per heavy atom. The van der Waals surface area contributed by atoms with Crippen molar-refractivity contribution in [2.24, 2.45) is 0 Å². The van der Waals surface area contributed by atoms with Gasteiger partial charge in [0.15, 0.2) is 0 Å². The molecule has 0 aromatic carbocycles. The van der Waals surface area contributed by atoms with Crippen LogP contribution < -0.4 is 10.2 Å². The Kier molecular flexibility index (Phi) is 7.33. The van der Waals surface area contributed by atoms with Crippen LogP contribution in [0.25, 0.3) is 11.0 Å². The number of nitrogens with zero attached hydrogens (tertiary/aromatic N) is 7. The van der Waals surface area contributed by atoms with Crippen LogP contribution in [0.4, 0.5) is 11.8 Å². The van der Waals surface area contributed by atoms with Crippen molar-refractivity contribution in [3.63, 3.8) is 0 Å². The summed E-state index contributed by atoms with van der Waals surface area (Å²) in [5, 5.41) is 5.00. The van der Waals surface area contributed by atoms with E-state index < -0.39 is 0 Å². The van der Waals surface area contributed by atoms with Crippen LogP contribution in [0.5, 0.6) is 0 Å². The van der Waals surface area contributed by atoms with E-state index in [9.17, 15) is 0 Å². The van der Waals surface area contributed by atoms with Crippen LogP contribution in [0.15, 0.2) is 12.3 Å². The molecule has 3 fully saturated rings. The molecule has 5 rings (SSSR count). The van der Waals surface area contributed by atoms with Gasteiger partial charge in [-0.2, -0.15) is 9.97 Å². The minimum absolute atomic E-state index is 0.487. The monoisotopic (exact) mass is 454 g/mol. The van der Waals surface area contributed by atoms with E-state index in [1.54, 1.807) is 0 Å². The predicted molar refractivity (Wildman–Crippen MR) is 136 cm³/mol. The Morgan fingerprint density at radius 3 is 2.45 bits per heavy atom. The van der Waals surface area contributed by atoms with Crippen LogP contribution >= 0.6 is 0 Å².